The van der Waals surface area contributed by atoms with E-state index in [1.54, 1.807) is 11.3 Å². The van der Waals surface area contributed by atoms with E-state index in [4.69, 9.17) is 5.11 Å². The zero-order valence-corrected chi connectivity index (χ0v) is 14.5. The monoisotopic (exact) mass is 362 g/mol. The van der Waals surface area contributed by atoms with Gasteiger partial charge in [0.2, 0.25) is 0 Å². The van der Waals surface area contributed by atoms with Crippen LogP contribution < -0.4 is 5.32 Å². The van der Waals surface area contributed by atoms with Crippen molar-refractivity contribution in [3.05, 3.63) is 50.7 Å². The second-order valence-electron chi connectivity index (χ2n) is 6.04. The largest absolute Gasteiger partial charge is 0.478 e. The SMILES string of the molecule is O=C(O)c1ccc(C(=O)NCCCc2nc3c(s2)CCCC3)c(F)c1. The summed E-state index contributed by atoms with van der Waals surface area (Å²) in [5.41, 5.74) is 0.910. The Labute approximate surface area is 148 Å². The van der Waals surface area contributed by atoms with Crippen LogP contribution in [0.1, 0.15) is 55.6 Å². The van der Waals surface area contributed by atoms with Gasteiger partial charge in [0, 0.05) is 17.8 Å². The molecular weight excluding hydrogens is 343 g/mol. The Bertz CT molecular complexity index is 780. The minimum Gasteiger partial charge on any atom is -0.478 e. The maximum Gasteiger partial charge on any atom is 0.335 e. The number of thiazole rings is 1. The number of nitrogens with zero attached hydrogens (tertiary/aromatic N) is 1. The van der Waals surface area contributed by atoms with Crippen LogP contribution in [0.3, 0.4) is 0 Å². The average molecular weight is 362 g/mol. The van der Waals surface area contributed by atoms with Gasteiger partial charge in [0.25, 0.3) is 5.91 Å². The lowest BCUT2D eigenvalue weighted by molar-refractivity contribution is 0.0695. The van der Waals surface area contributed by atoms with Gasteiger partial charge in [0.1, 0.15) is 5.82 Å². The molecule has 7 heteroatoms. The van der Waals surface area contributed by atoms with Gasteiger partial charge >= 0.3 is 5.97 Å². The number of aromatic carboxylic acids is 1. The lowest BCUT2D eigenvalue weighted by Gasteiger charge is -2.06. The van der Waals surface area contributed by atoms with Crippen LogP contribution in [0.4, 0.5) is 4.39 Å². The van der Waals surface area contributed by atoms with E-state index in [1.807, 2.05) is 0 Å². The third kappa shape index (κ3) is 4.22. The number of benzene rings is 1. The van der Waals surface area contributed by atoms with Crippen LogP contribution in [-0.4, -0.2) is 28.5 Å². The first-order valence-corrected chi connectivity index (χ1v) is 9.15. The molecule has 1 aromatic carbocycles. The number of hydrogen-bond acceptors (Lipinski definition) is 4. The summed E-state index contributed by atoms with van der Waals surface area (Å²) < 4.78 is 13.8. The summed E-state index contributed by atoms with van der Waals surface area (Å²) in [4.78, 5) is 28.8. The Morgan fingerprint density at radius 2 is 2.08 bits per heavy atom. The summed E-state index contributed by atoms with van der Waals surface area (Å²) in [7, 11) is 0. The number of carbonyl (C=O) groups excluding carboxylic acids is 1. The fourth-order valence-corrected chi connectivity index (χ4v) is 4.08. The van der Waals surface area contributed by atoms with Gasteiger partial charge < -0.3 is 10.4 Å². The van der Waals surface area contributed by atoms with Crippen LogP contribution in [0.15, 0.2) is 18.2 Å². The van der Waals surface area contributed by atoms with Crippen molar-refractivity contribution in [2.24, 2.45) is 0 Å². The van der Waals surface area contributed by atoms with Crippen LogP contribution in [0.2, 0.25) is 0 Å². The molecule has 0 radical (unpaired) electrons. The molecule has 25 heavy (non-hydrogen) atoms. The lowest BCUT2D eigenvalue weighted by Crippen LogP contribution is -2.25. The van der Waals surface area contributed by atoms with Gasteiger partial charge in [0.05, 0.1) is 21.8 Å². The predicted molar refractivity (Wildman–Crippen MR) is 92.8 cm³/mol. The highest BCUT2D eigenvalue weighted by Gasteiger charge is 2.16. The summed E-state index contributed by atoms with van der Waals surface area (Å²) in [6, 6.07) is 3.28. The van der Waals surface area contributed by atoms with Crippen molar-refractivity contribution in [1.29, 1.82) is 0 Å². The Hall–Kier alpha value is -2.28. The highest BCUT2D eigenvalue weighted by atomic mass is 32.1. The van der Waals surface area contributed by atoms with E-state index in [-0.39, 0.29) is 11.1 Å². The zero-order chi connectivity index (χ0) is 17.8. The number of halogens is 1. The fraction of sp³-hybridized carbons (Fsp3) is 0.389. The number of amides is 1. The van der Waals surface area contributed by atoms with Gasteiger partial charge in [-0.25, -0.2) is 14.2 Å². The summed E-state index contributed by atoms with van der Waals surface area (Å²) in [5.74, 6) is -2.59. The van der Waals surface area contributed by atoms with E-state index < -0.39 is 17.7 Å². The summed E-state index contributed by atoms with van der Waals surface area (Å²) in [6.07, 6.45) is 6.14. The normalized spacial score (nSPS) is 13.3. The first kappa shape index (κ1) is 17.5. The van der Waals surface area contributed by atoms with E-state index >= 15 is 0 Å². The Morgan fingerprint density at radius 1 is 1.28 bits per heavy atom. The second kappa shape index (κ2) is 7.74. The van der Waals surface area contributed by atoms with Gasteiger partial charge in [-0.3, -0.25) is 4.79 Å². The molecule has 1 aliphatic rings. The number of fused-ring (bicyclic) bond motifs is 1. The molecular formula is C18H19FN2O3S. The number of hydrogen-bond donors (Lipinski definition) is 2. The molecule has 0 spiro atoms. The molecule has 1 aliphatic carbocycles. The molecule has 0 bridgehead atoms. The standard InChI is InChI=1S/C18H19FN2O3S/c19-13-10-11(18(23)24)7-8-12(13)17(22)20-9-3-6-16-21-14-4-1-2-5-15(14)25-16/h7-8,10H,1-6,9H2,(H,20,22)(H,23,24). The van der Waals surface area contributed by atoms with Gasteiger partial charge in [-0.2, -0.15) is 0 Å². The molecule has 1 aromatic heterocycles. The van der Waals surface area contributed by atoms with Crippen LogP contribution in [0, 0.1) is 5.82 Å². The van der Waals surface area contributed by atoms with Crippen LogP contribution >= 0.6 is 11.3 Å². The molecule has 0 unspecified atom stereocenters. The minimum atomic E-state index is -1.22. The number of rotatable bonds is 6. The third-order valence-corrected chi connectivity index (χ3v) is 5.42. The molecule has 5 nitrogen and oxygen atoms in total. The van der Waals surface area contributed by atoms with Crippen LogP contribution in [0.25, 0.3) is 0 Å². The molecule has 0 fully saturated rings. The van der Waals surface area contributed by atoms with Crippen molar-refractivity contribution in [2.75, 3.05) is 6.54 Å². The number of carboxylic acids is 1. The number of carboxylic acid groups (broad SMARTS) is 1. The highest BCUT2D eigenvalue weighted by molar-refractivity contribution is 7.11. The maximum absolute atomic E-state index is 13.8. The van der Waals surface area contributed by atoms with Crippen LogP contribution in [0.5, 0.6) is 0 Å². The predicted octanol–water partition coefficient (Wildman–Crippen LogP) is 3.22. The van der Waals surface area contributed by atoms with E-state index in [9.17, 15) is 14.0 Å². The van der Waals surface area contributed by atoms with E-state index in [0.717, 1.165) is 36.8 Å². The van der Waals surface area contributed by atoms with Crippen molar-refractivity contribution >= 4 is 23.2 Å². The molecule has 132 valence electrons. The summed E-state index contributed by atoms with van der Waals surface area (Å²) in [5, 5.41) is 12.6. The third-order valence-electron chi connectivity index (χ3n) is 4.20. The van der Waals surface area contributed by atoms with Crippen molar-refractivity contribution in [3.63, 3.8) is 0 Å². The van der Waals surface area contributed by atoms with Crippen molar-refractivity contribution < 1.29 is 19.1 Å². The molecule has 2 N–H and O–H groups in total. The first-order chi connectivity index (χ1) is 12.0. The molecule has 0 atom stereocenters. The molecule has 2 aromatic rings. The highest BCUT2D eigenvalue weighted by Crippen LogP contribution is 2.27. The van der Waals surface area contributed by atoms with E-state index in [0.29, 0.717) is 6.54 Å². The van der Waals surface area contributed by atoms with Gasteiger partial charge in [-0.15, -0.1) is 11.3 Å². The molecule has 0 aliphatic heterocycles. The zero-order valence-electron chi connectivity index (χ0n) is 13.7. The van der Waals surface area contributed by atoms with Crippen molar-refractivity contribution in [2.45, 2.75) is 38.5 Å². The smallest absolute Gasteiger partial charge is 0.335 e. The first-order valence-electron chi connectivity index (χ1n) is 8.33. The number of aromatic nitrogens is 1. The fourth-order valence-electron chi connectivity index (χ4n) is 2.88. The second-order valence-corrected chi connectivity index (χ2v) is 7.21. The molecule has 0 saturated heterocycles. The molecule has 1 amide bonds. The lowest BCUT2D eigenvalue weighted by atomic mass is 10.0. The number of carbonyl (C=O) groups is 2. The minimum absolute atomic E-state index is 0.144. The summed E-state index contributed by atoms with van der Waals surface area (Å²) >= 11 is 1.76. The van der Waals surface area contributed by atoms with E-state index in [2.05, 4.69) is 10.3 Å². The maximum atomic E-state index is 13.8. The molecule has 0 saturated carbocycles. The Kier molecular flexibility index (Phi) is 5.43. The van der Waals surface area contributed by atoms with Crippen LogP contribution in [-0.2, 0) is 19.3 Å². The van der Waals surface area contributed by atoms with Crippen molar-refractivity contribution in [3.8, 4) is 0 Å². The molecule has 1 heterocycles. The van der Waals surface area contributed by atoms with Gasteiger partial charge in [0.15, 0.2) is 0 Å². The van der Waals surface area contributed by atoms with E-state index in [1.165, 1.54) is 35.5 Å². The Balaban J connectivity index is 1.49. The number of aryl methyl sites for hydroxylation is 3. The topological polar surface area (TPSA) is 79.3 Å². The van der Waals surface area contributed by atoms with Crippen molar-refractivity contribution in [1.82, 2.24) is 10.3 Å². The van der Waals surface area contributed by atoms with Gasteiger partial charge in [-0.1, -0.05) is 0 Å². The average Bonchev–Trinajstić information content (AvgIpc) is 3.01. The summed E-state index contributed by atoms with van der Waals surface area (Å²) in [6.45, 7) is 0.420. The quantitative estimate of drug-likeness (QED) is 0.774. The Morgan fingerprint density at radius 3 is 2.80 bits per heavy atom. The van der Waals surface area contributed by atoms with Gasteiger partial charge in [-0.05, 0) is 50.3 Å². The number of nitrogens with one attached hydrogen (secondary N) is 1. The molecule has 3 rings (SSSR count).